The maximum Gasteiger partial charge on any atom is 0.0843 e. The molecule has 0 aliphatic carbocycles. The fraction of sp³-hybridized carbons (Fsp3) is 0.923. The average Bonchev–Trinajstić information content (AvgIpc) is 2.71. The van der Waals surface area contributed by atoms with Gasteiger partial charge in [-0.3, -0.25) is 0 Å². The van der Waals surface area contributed by atoms with Crippen LogP contribution in [0.5, 0.6) is 0 Å². The van der Waals surface area contributed by atoms with Gasteiger partial charge in [-0.2, -0.15) is 0 Å². The molecule has 0 rings (SSSR count). The monoisotopic (exact) mass is 395 g/mol. The van der Waals surface area contributed by atoms with Crippen molar-refractivity contribution in [3.63, 3.8) is 0 Å². The summed E-state index contributed by atoms with van der Waals surface area (Å²) in [6, 6.07) is 0. The molecule has 0 saturated carbocycles. The van der Waals surface area contributed by atoms with Crippen LogP contribution >= 0.6 is 0 Å². The molecule has 0 radical (unpaired) electrons. The van der Waals surface area contributed by atoms with Gasteiger partial charge in [-0.15, -0.1) is 0 Å². The van der Waals surface area contributed by atoms with Gasteiger partial charge in [0.25, 0.3) is 0 Å². The maximum atomic E-state index is 9.31. The van der Waals surface area contributed by atoms with Crippen LogP contribution < -0.4 is 5.73 Å². The van der Waals surface area contributed by atoms with E-state index in [4.69, 9.17) is 5.73 Å². The van der Waals surface area contributed by atoms with E-state index in [0.29, 0.717) is 6.54 Å². The molecule has 0 spiro atoms. The predicted molar refractivity (Wildman–Crippen MR) is 127 cm³/mol. The Balaban J connectivity index is 3.04. The summed E-state index contributed by atoms with van der Waals surface area (Å²) in [4.78, 5) is 0. The fourth-order valence-corrected chi connectivity index (χ4v) is 3.85. The molecular weight excluding hydrogens is 342 g/mol. The molecule has 0 aliphatic heterocycles. The van der Waals surface area contributed by atoms with Gasteiger partial charge in [0.2, 0.25) is 0 Å². The van der Waals surface area contributed by atoms with Gasteiger partial charge in [0, 0.05) is 6.54 Å². The average molecular weight is 396 g/mol. The lowest BCUT2D eigenvalue weighted by molar-refractivity contribution is 0.231. The van der Waals surface area contributed by atoms with Gasteiger partial charge >= 0.3 is 0 Å². The third-order valence-corrected chi connectivity index (χ3v) is 5.82. The summed E-state index contributed by atoms with van der Waals surface area (Å²) in [5, 5.41) is 9.31. The number of allylic oxidation sites excluding steroid dienone is 1. The number of aliphatic hydroxyl groups excluding tert-OH is 1. The number of hydrogen-bond donors (Lipinski definition) is 2. The summed E-state index contributed by atoms with van der Waals surface area (Å²) in [6.07, 6.45) is 33.0. The first-order chi connectivity index (χ1) is 13.8. The van der Waals surface area contributed by atoms with Gasteiger partial charge < -0.3 is 10.8 Å². The Morgan fingerprint density at radius 2 is 0.893 bits per heavy atom. The van der Waals surface area contributed by atoms with E-state index in [0.717, 1.165) is 6.42 Å². The molecule has 28 heavy (non-hydrogen) atoms. The van der Waals surface area contributed by atoms with Gasteiger partial charge in [0.05, 0.1) is 6.10 Å². The zero-order chi connectivity index (χ0) is 20.5. The number of aliphatic hydroxyl groups is 1. The maximum absolute atomic E-state index is 9.31. The summed E-state index contributed by atoms with van der Waals surface area (Å²) >= 11 is 0. The molecule has 3 N–H and O–H groups in total. The van der Waals surface area contributed by atoms with E-state index in [9.17, 15) is 5.11 Å². The topological polar surface area (TPSA) is 46.2 Å². The first kappa shape index (κ1) is 27.7. The van der Waals surface area contributed by atoms with Crippen LogP contribution in [0.1, 0.15) is 142 Å². The van der Waals surface area contributed by atoms with Gasteiger partial charge in [0.15, 0.2) is 0 Å². The second kappa shape index (κ2) is 24.7. The Kier molecular flexibility index (Phi) is 24.4. The number of unbranched alkanes of at least 4 members (excludes halogenated alkanes) is 20. The molecular formula is C26H53NO. The summed E-state index contributed by atoms with van der Waals surface area (Å²) in [5.41, 5.74) is 5.36. The van der Waals surface area contributed by atoms with Crippen molar-refractivity contribution < 1.29 is 5.11 Å². The highest BCUT2D eigenvalue weighted by Gasteiger charge is 1.96. The van der Waals surface area contributed by atoms with Crippen molar-refractivity contribution in [3.05, 3.63) is 12.2 Å². The van der Waals surface area contributed by atoms with Crippen molar-refractivity contribution in [1.82, 2.24) is 0 Å². The van der Waals surface area contributed by atoms with Crippen LogP contribution in [0.4, 0.5) is 0 Å². The largest absolute Gasteiger partial charge is 0.388 e. The minimum absolute atomic E-state index is 0.329. The van der Waals surface area contributed by atoms with Gasteiger partial charge in [0.1, 0.15) is 0 Å². The molecule has 0 bridgehead atoms. The predicted octanol–water partition coefficient (Wildman–Crippen LogP) is 8.07. The van der Waals surface area contributed by atoms with Gasteiger partial charge in [-0.25, -0.2) is 0 Å². The molecule has 2 heteroatoms. The smallest absolute Gasteiger partial charge is 0.0843 e. The molecule has 1 atom stereocenters. The second-order valence-corrected chi connectivity index (χ2v) is 8.74. The summed E-state index contributed by atoms with van der Waals surface area (Å²) in [7, 11) is 0. The van der Waals surface area contributed by atoms with Crippen LogP contribution in [0.3, 0.4) is 0 Å². The van der Waals surface area contributed by atoms with Crippen molar-refractivity contribution in [3.8, 4) is 0 Å². The Labute approximate surface area is 177 Å². The number of rotatable bonds is 23. The van der Waals surface area contributed by atoms with Crippen LogP contribution in [0.2, 0.25) is 0 Å². The first-order valence-electron chi connectivity index (χ1n) is 12.9. The molecule has 168 valence electrons. The zero-order valence-electron chi connectivity index (χ0n) is 19.3. The quantitative estimate of drug-likeness (QED) is 0.136. The van der Waals surface area contributed by atoms with Crippen LogP contribution in [0, 0.1) is 0 Å². The Hall–Kier alpha value is -0.340. The third kappa shape index (κ3) is 23.7. The Morgan fingerprint density at radius 3 is 1.21 bits per heavy atom. The normalized spacial score (nSPS) is 12.8. The lowest BCUT2D eigenvalue weighted by atomic mass is 10.0. The van der Waals surface area contributed by atoms with Crippen molar-refractivity contribution in [2.24, 2.45) is 5.73 Å². The van der Waals surface area contributed by atoms with Crippen LogP contribution in [0.25, 0.3) is 0 Å². The highest BCUT2D eigenvalue weighted by molar-refractivity contribution is 4.88. The number of nitrogens with two attached hydrogens (primary N) is 1. The van der Waals surface area contributed by atoms with E-state index in [1.165, 1.54) is 128 Å². The van der Waals surface area contributed by atoms with Gasteiger partial charge in [-0.05, 0) is 12.8 Å². The Morgan fingerprint density at radius 1 is 0.571 bits per heavy atom. The van der Waals surface area contributed by atoms with Crippen molar-refractivity contribution in [2.75, 3.05) is 6.54 Å². The van der Waals surface area contributed by atoms with E-state index in [1.807, 2.05) is 6.08 Å². The molecule has 2 nitrogen and oxygen atoms in total. The standard InChI is InChI=1S/C26H53NO/c1-2-3-4-5-6-7-8-9-10-11-12-13-14-15-16-17-18-19-20-21-22-23-24-26(28)25-27/h23-24,26,28H,2-22,25,27H2,1H3. The lowest BCUT2D eigenvalue weighted by Gasteiger charge is -2.04. The van der Waals surface area contributed by atoms with Gasteiger partial charge in [-0.1, -0.05) is 141 Å². The van der Waals surface area contributed by atoms with Crippen molar-refractivity contribution >= 4 is 0 Å². The molecule has 0 aromatic carbocycles. The van der Waals surface area contributed by atoms with E-state index < -0.39 is 6.10 Å². The van der Waals surface area contributed by atoms with Crippen molar-refractivity contribution in [2.45, 2.75) is 148 Å². The van der Waals surface area contributed by atoms with Crippen LogP contribution in [-0.2, 0) is 0 Å². The molecule has 0 aliphatic rings. The van der Waals surface area contributed by atoms with E-state index >= 15 is 0 Å². The molecule has 0 saturated heterocycles. The highest BCUT2D eigenvalue weighted by Crippen LogP contribution is 2.15. The summed E-state index contributed by atoms with van der Waals surface area (Å²) in [6.45, 7) is 2.62. The molecule has 0 heterocycles. The minimum atomic E-state index is -0.454. The SMILES string of the molecule is CCCCCCCCCCCCCCCCCCCCCCC=CC(O)CN. The van der Waals surface area contributed by atoms with Crippen LogP contribution in [-0.4, -0.2) is 17.8 Å². The lowest BCUT2D eigenvalue weighted by Crippen LogP contribution is -2.16. The summed E-state index contributed by atoms with van der Waals surface area (Å²) in [5.74, 6) is 0. The molecule has 1 unspecified atom stereocenters. The van der Waals surface area contributed by atoms with E-state index in [1.54, 1.807) is 0 Å². The molecule has 0 fully saturated rings. The van der Waals surface area contributed by atoms with Crippen LogP contribution in [0.15, 0.2) is 12.2 Å². The van der Waals surface area contributed by atoms with Crippen molar-refractivity contribution in [1.29, 1.82) is 0 Å². The first-order valence-corrected chi connectivity index (χ1v) is 12.9. The third-order valence-electron chi connectivity index (χ3n) is 5.82. The van der Waals surface area contributed by atoms with E-state index in [-0.39, 0.29) is 0 Å². The zero-order valence-corrected chi connectivity index (χ0v) is 19.3. The fourth-order valence-electron chi connectivity index (χ4n) is 3.85. The molecule has 0 aromatic heterocycles. The molecule has 0 amide bonds. The Bertz CT molecular complexity index is 303. The van der Waals surface area contributed by atoms with E-state index in [2.05, 4.69) is 13.0 Å². The summed E-state index contributed by atoms with van der Waals surface area (Å²) < 4.78 is 0. The molecule has 0 aromatic rings. The minimum Gasteiger partial charge on any atom is -0.388 e. The second-order valence-electron chi connectivity index (χ2n) is 8.74. The number of hydrogen-bond acceptors (Lipinski definition) is 2. The highest BCUT2D eigenvalue weighted by atomic mass is 16.3.